The largest absolute Gasteiger partial charge is 0.380 e. The van der Waals surface area contributed by atoms with Crippen LogP contribution in [0.5, 0.6) is 0 Å². The fourth-order valence-electron chi connectivity index (χ4n) is 2.02. The van der Waals surface area contributed by atoms with E-state index in [9.17, 15) is 0 Å². The van der Waals surface area contributed by atoms with Crippen molar-refractivity contribution in [2.75, 3.05) is 13.4 Å². The summed E-state index contributed by atoms with van der Waals surface area (Å²) >= 11 is 1.92. The Hall–Kier alpha value is 0.0500. The molecule has 0 aromatic carbocycles. The van der Waals surface area contributed by atoms with E-state index >= 15 is 0 Å². The fraction of sp³-hybridized carbons (Fsp3) is 0.800. The summed E-state index contributed by atoms with van der Waals surface area (Å²) in [4.78, 5) is 0. The summed E-state index contributed by atoms with van der Waals surface area (Å²) in [6.07, 6.45) is 4.77. The lowest BCUT2D eigenvalue weighted by atomic mass is 9.85. The number of rotatable bonds is 2. The monoisotopic (exact) mass is 186 g/mol. The first-order valence-electron chi connectivity index (χ1n) is 4.41. The Kier molecular flexibility index (Phi) is 3.66. The van der Waals surface area contributed by atoms with Crippen molar-refractivity contribution in [2.24, 2.45) is 5.92 Å². The molecule has 0 amide bonds. The molecule has 3 atom stereocenters. The van der Waals surface area contributed by atoms with E-state index in [1.54, 1.807) is 7.11 Å². The van der Waals surface area contributed by atoms with E-state index in [-0.39, 0.29) is 0 Å². The second-order valence-corrected chi connectivity index (χ2v) is 4.63. The number of hydrogen-bond acceptors (Lipinski definition) is 2. The minimum atomic E-state index is 0.385. The van der Waals surface area contributed by atoms with Crippen molar-refractivity contribution in [2.45, 2.75) is 31.1 Å². The van der Waals surface area contributed by atoms with Gasteiger partial charge in [0.1, 0.15) is 0 Å². The van der Waals surface area contributed by atoms with Crippen LogP contribution in [0.15, 0.2) is 12.2 Å². The molecule has 12 heavy (non-hydrogen) atoms. The molecule has 0 saturated heterocycles. The zero-order chi connectivity index (χ0) is 9.14. The molecule has 1 aliphatic rings. The van der Waals surface area contributed by atoms with Gasteiger partial charge in [-0.15, -0.1) is 0 Å². The van der Waals surface area contributed by atoms with Gasteiger partial charge in [-0.05, 0) is 25.0 Å². The minimum absolute atomic E-state index is 0.385. The summed E-state index contributed by atoms with van der Waals surface area (Å²) in [6, 6.07) is 0. The van der Waals surface area contributed by atoms with Crippen LogP contribution in [0.1, 0.15) is 19.8 Å². The third-order valence-corrected chi connectivity index (χ3v) is 3.92. The maximum atomic E-state index is 5.45. The fourth-order valence-corrected chi connectivity index (χ4v) is 3.10. The van der Waals surface area contributed by atoms with Gasteiger partial charge in [0.2, 0.25) is 0 Å². The van der Waals surface area contributed by atoms with Gasteiger partial charge in [0, 0.05) is 12.4 Å². The maximum Gasteiger partial charge on any atom is 0.0729 e. The quantitative estimate of drug-likeness (QED) is 0.613. The van der Waals surface area contributed by atoms with Gasteiger partial charge in [0.05, 0.1) is 6.10 Å². The number of thioether (sulfide) groups is 1. The molecular weight excluding hydrogens is 168 g/mol. The molecule has 0 aliphatic heterocycles. The highest BCUT2D eigenvalue weighted by atomic mass is 32.2. The van der Waals surface area contributed by atoms with Gasteiger partial charge < -0.3 is 4.74 Å². The third kappa shape index (κ3) is 2.05. The number of hydrogen-bond donors (Lipinski definition) is 0. The Morgan fingerprint density at radius 3 is 2.67 bits per heavy atom. The van der Waals surface area contributed by atoms with E-state index in [1.165, 1.54) is 12.0 Å². The van der Waals surface area contributed by atoms with E-state index in [2.05, 4.69) is 19.8 Å². The van der Waals surface area contributed by atoms with Crippen molar-refractivity contribution in [1.82, 2.24) is 0 Å². The van der Waals surface area contributed by atoms with Crippen LogP contribution in [0.4, 0.5) is 0 Å². The van der Waals surface area contributed by atoms with Crippen molar-refractivity contribution in [1.29, 1.82) is 0 Å². The predicted molar refractivity (Wildman–Crippen MR) is 55.6 cm³/mol. The van der Waals surface area contributed by atoms with Crippen LogP contribution in [-0.2, 0) is 4.74 Å². The number of methoxy groups -OCH3 is 1. The maximum absolute atomic E-state index is 5.45. The van der Waals surface area contributed by atoms with E-state index in [0.717, 1.165) is 6.42 Å². The molecule has 0 spiro atoms. The molecule has 3 unspecified atom stereocenters. The van der Waals surface area contributed by atoms with E-state index in [1.807, 2.05) is 11.8 Å². The molecule has 70 valence electrons. The van der Waals surface area contributed by atoms with Crippen LogP contribution >= 0.6 is 11.8 Å². The SMILES string of the molecule is C=C1CC(C)C(SC)C(OC)C1. The van der Waals surface area contributed by atoms with Gasteiger partial charge in [0.15, 0.2) is 0 Å². The van der Waals surface area contributed by atoms with Gasteiger partial charge in [-0.3, -0.25) is 0 Å². The van der Waals surface area contributed by atoms with Crippen LogP contribution in [0.2, 0.25) is 0 Å². The lowest BCUT2D eigenvalue weighted by Gasteiger charge is -2.35. The van der Waals surface area contributed by atoms with Gasteiger partial charge in [-0.25, -0.2) is 0 Å². The molecule has 0 aromatic heterocycles. The van der Waals surface area contributed by atoms with Crippen LogP contribution in [-0.4, -0.2) is 24.7 Å². The molecule has 0 heterocycles. The average Bonchev–Trinajstić information content (AvgIpc) is 2.03. The van der Waals surface area contributed by atoms with Crippen LogP contribution in [0.3, 0.4) is 0 Å². The molecule has 0 bridgehead atoms. The normalized spacial score (nSPS) is 36.9. The highest BCUT2D eigenvalue weighted by molar-refractivity contribution is 7.99. The Balaban J connectivity index is 2.62. The summed E-state index contributed by atoms with van der Waals surface area (Å²) in [7, 11) is 1.80. The first kappa shape index (κ1) is 10.1. The van der Waals surface area contributed by atoms with Gasteiger partial charge >= 0.3 is 0 Å². The molecule has 1 aliphatic carbocycles. The topological polar surface area (TPSA) is 9.23 Å². The smallest absolute Gasteiger partial charge is 0.0729 e. The molecule has 0 N–H and O–H groups in total. The van der Waals surface area contributed by atoms with Gasteiger partial charge in [-0.2, -0.15) is 11.8 Å². The highest BCUT2D eigenvalue weighted by Crippen LogP contribution is 2.35. The van der Waals surface area contributed by atoms with E-state index in [4.69, 9.17) is 4.74 Å². The Morgan fingerprint density at radius 2 is 2.17 bits per heavy atom. The lowest BCUT2D eigenvalue weighted by molar-refractivity contribution is 0.0767. The first-order chi connectivity index (χ1) is 5.69. The molecule has 0 aromatic rings. The number of ether oxygens (including phenoxy) is 1. The Labute approximate surface area is 79.6 Å². The van der Waals surface area contributed by atoms with Gasteiger partial charge in [0.25, 0.3) is 0 Å². The third-order valence-electron chi connectivity index (χ3n) is 2.60. The summed E-state index contributed by atoms with van der Waals surface area (Å²) in [5.41, 5.74) is 1.35. The second-order valence-electron chi connectivity index (χ2n) is 3.61. The van der Waals surface area contributed by atoms with Crippen LogP contribution in [0.25, 0.3) is 0 Å². The molecule has 1 fully saturated rings. The first-order valence-corrected chi connectivity index (χ1v) is 5.70. The van der Waals surface area contributed by atoms with Crippen molar-refractivity contribution in [3.63, 3.8) is 0 Å². The molecule has 1 rings (SSSR count). The average molecular weight is 186 g/mol. The summed E-state index contributed by atoms with van der Waals surface area (Å²) in [5.74, 6) is 0.714. The van der Waals surface area contributed by atoms with Crippen molar-refractivity contribution in [3.8, 4) is 0 Å². The summed E-state index contributed by atoms with van der Waals surface area (Å²) in [6.45, 7) is 6.33. The second kappa shape index (κ2) is 4.33. The highest BCUT2D eigenvalue weighted by Gasteiger charge is 2.31. The van der Waals surface area contributed by atoms with E-state index in [0.29, 0.717) is 17.3 Å². The molecule has 1 nitrogen and oxygen atoms in total. The lowest BCUT2D eigenvalue weighted by Crippen LogP contribution is -2.35. The standard InChI is InChI=1S/C10H18OS/c1-7-5-8(2)10(12-4)9(6-7)11-3/h8-10H,1,5-6H2,2-4H3. The molecule has 0 radical (unpaired) electrons. The zero-order valence-corrected chi connectivity index (χ0v) is 8.99. The minimum Gasteiger partial charge on any atom is -0.380 e. The Morgan fingerprint density at radius 1 is 1.50 bits per heavy atom. The summed E-state index contributed by atoms with van der Waals surface area (Å²) in [5, 5.41) is 0.653. The molecule has 1 saturated carbocycles. The zero-order valence-electron chi connectivity index (χ0n) is 8.17. The summed E-state index contributed by atoms with van der Waals surface area (Å²) < 4.78 is 5.45. The molecular formula is C10H18OS. The van der Waals surface area contributed by atoms with E-state index < -0.39 is 0 Å². The molecule has 2 heteroatoms. The van der Waals surface area contributed by atoms with Crippen LogP contribution < -0.4 is 0 Å². The Bertz CT molecular complexity index is 167. The van der Waals surface area contributed by atoms with Crippen molar-refractivity contribution < 1.29 is 4.74 Å². The van der Waals surface area contributed by atoms with Gasteiger partial charge in [-0.1, -0.05) is 19.1 Å². The van der Waals surface area contributed by atoms with Crippen LogP contribution in [0, 0.1) is 5.92 Å². The van der Waals surface area contributed by atoms with Crippen molar-refractivity contribution >= 4 is 11.8 Å². The predicted octanol–water partition coefficient (Wildman–Crippen LogP) is 2.72. The van der Waals surface area contributed by atoms with Crippen molar-refractivity contribution in [3.05, 3.63) is 12.2 Å².